The zero-order valence-corrected chi connectivity index (χ0v) is 17.3. The van der Waals surface area contributed by atoms with Crippen LogP contribution in [0.2, 0.25) is 0 Å². The summed E-state index contributed by atoms with van der Waals surface area (Å²) in [6, 6.07) is 6.96. The van der Waals surface area contributed by atoms with Crippen LogP contribution in [0.1, 0.15) is 12.0 Å². The molecule has 0 N–H and O–H groups in total. The molecule has 2 aliphatic heterocycles. The maximum atomic E-state index is 13.9. The minimum Gasteiger partial charge on any atom is -0.497 e. The highest BCUT2D eigenvalue weighted by molar-refractivity contribution is 5.47. The van der Waals surface area contributed by atoms with E-state index in [9.17, 15) is 18.0 Å². The molecule has 10 heteroatoms. The SMILES string of the molecule is COc1cccc(CCN2c3nc(N4CCOCC4)cc(=O)n3CC[C@H]2C(F)(F)F)c1. The summed E-state index contributed by atoms with van der Waals surface area (Å²) in [6.07, 6.45) is -4.25. The van der Waals surface area contributed by atoms with Gasteiger partial charge in [-0.05, 0) is 30.5 Å². The number of hydrogen-bond acceptors (Lipinski definition) is 6. The molecule has 4 rings (SSSR count). The number of benzene rings is 1. The van der Waals surface area contributed by atoms with Gasteiger partial charge in [-0.15, -0.1) is 0 Å². The first-order valence-corrected chi connectivity index (χ1v) is 10.3. The normalized spacial score (nSPS) is 19.3. The molecule has 1 fully saturated rings. The van der Waals surface area contributed by atoms with E-state index >= 15 is 0 Å². The number of morpholine rings is 1. The second-order valence-corrected chi connectivity index (χ2v) is 7.64. The first-order chi connectivity index (χ1) is 14.9. The van der Waals surface area contributed by atoms with Crippen LogP contribution < -0.4 is 20.1 Å². The zero-order valence-electron chi connectivity index (χ0n) is 17.3. The first-order valence-electron chi connectivity index (χ1n) is 10.3. The molecule has 168 valence electrons. The van der Waals surface area contributed by atoms with Crippen LogP contribution in [-0.2, 0) is 17.7 Å². The molecule has 0 bridgehead atoms. The lowest BCUT2D eigenvalue weighted by molar-refractivity contribution is -0.152. The molecule has 1 saturated heterocycles. The summed E-state index contributed by atoms with van der Waals surface area (Å²) in [7, 11) is 1.54. The van der Waals surface area contributed by atoms with Crippen molar-refractivity contribution in [2.24, 2.45) is 0 Å². The van der Waals surface area contributed by atoms with Crippen LogP contribution in [0.5, 0.6) is 5.75 Å². The van der Waals surface area contributed by atoms with Crippen LogP contribution in [-0.4, -0.2) is 61.7 Å². The Hall–Kier alpha value is -2.75. The number of hydrogen-bond donors (Lipinski definition) is 0. The Labute approximate surface area is 178 Å². The number of rotatable bonds is 5. The van der Waals surface area contributed by atoms with Gasteiger partial charge in [0.05, 0.1) is 20.3 Å². The minimum atomic E-state index is -4.42. The maximum absolute atomic E-state index is 13.9. The van der Waals surface area contributed by atoms with Crippen LogP contribution in [0.15, 0.2) is 35.1 Å². The molecule has 3 heterocycles. The van der Waals surface area contributed by atoms with Gasteiger partial charge in [0, 0.05) is 32.2 Å². The number of ether oxygens (including phenoxy) is 2. The number of nitrogens with zero attached hydrogens (tertiary/aromatic N) is 4. The van der Waals surface area contributed by atoms with E-state index in [2.05, 4.69) is 4.98 Å². The molecule has 2 aliphatic rings. The number of aromatic nitrogens is 2. The molecule has 31 heavy (non-hydrogen) atoms. The van der Waals surface area contributed by atoms with E-state index in [1.807, 2.05) is 11.0 Å². The third kappa shape index (κ3) is 4.63. The lowest BCUT2D eigenvalue weighted by atomic mass is 10.1. The van der Waals surface area contributed by atoms with Crippen molar-refractivity contribution in [1.82, 2.24) is 9.55 Å². The van der Waals surface area contributed by atoms with E-state index < -0.39 is 12.2 Å². The largest absolute Gasteiger partial charge is 0.497 e. The van der Waals surface area contributed by atoms with Crippen molar-refractivity contribution in [2.75, 3.05) is 49.8 Å². The van der Waals surface area contributed by atoms with E-state index in [0.29, 0.717) is 44.3 Å². The van der Waals surface area contributed by atoms with Gasteiger partial charge in [0.25, 0.3) is 5.56 Å². The Balaban J connectivity index is 1.68. The number of methoxy groups -OCH3 is 1. The van der Waals surface area contributed by atoms with Gasteiger partial charge in [-0.2, -0.15) is 18.2 Å². The maximum Gasteiger partial charge on any atom is 0.408 e. The molecule has 1 aromatic carbocycles. The second-order valence-electron chi connectivity index (χ2n) is 7.64. The number of alkyl halides is 3. The van der Waals surface area contributed by atoms with Crippen molar-refractivity contribution in [2.45, 2.75) is 31.6 Å². The Morgan fingerprint density at radius 3 is 2.68 bits per heavy atom. The Kier molecular flexibility index (Phi) is 6.08. The highest BCUT2D eigenvalue weighted by Gasteiger charge is 2.46. The molecule has 0 saturated carbocycles. The second kappa shape index (κ2) is 8.78. The van der Waals surface area contributed by atoms with Crippen LogP contribution in [0.4, 0.5) is 24.9 Å². The van der Waals surface area contributed by atoms with Gasteiger partial charge in [-0.3, -0.25) is 9.36 Å². The predicted octanol–water partition coefficient (Wildman–Crippen LogP) is 2.47. The summed E-state index contributed by atoms with van der Waals surface area (Å²) in [5.41, 5.74) is 0.516. The van der Waals surface area contributed by atoms with Gasteiger partial charge in [0.15, 0.2) is 0 Å². The molecule has 7 nitrogen and oxygen atoms in total. The summed E-state index contributed by atoms with van der Waals surface area (Å²) in [5, 5.41) is 0. The van der Waals surface area contributed by atoms with E-state index in [1.165, 1.54) is 15.5 Å². The summed E-state index contributed by atoms with van der Waals surface area (Å²) in [5.74, 6) is 1.12. The van der Waals surface area contributed by atoms with E-state index in [-0.39, 0.29) is 31.0 Å². The van der Waals surface area contributed by atoms with Crippen LogP contribution in [0.25, 0.3) is 0 Å². The third-order valence-electron chi connectivity index (χ3n) is 5.72. The number of anilines is 2. The fraction of sp³-hybridized carbons (Fsp3) is 0.524. The fourth-order valence-electron chi connectivity index (χ4n) is 4.09. The summed E-state index contributed by atoms with van der Waals surface area (Å²) >= 11 is 0. The van der Waals surface area contributed by atoms with Gasteiger partial charge < -0.3 is 19.3 Å². The lowest BCUT2D eigenvalue weighted by Gasteiger charge is -2.39. The molecule has 1 aromatic heterocycles. The van der Waals surface area contributed by atoms with Gasteiger partial charge in [0.1, 0.15) is 17.6 Å². The van der Waals surface area contributed by atoms with Crippen molar-refractivity contribution in [1.29, 1.82) is 0 Å². The third-order valence-corrected chi connectivity index (χ3v) is 5.72. The summed E-state index contributed by atoms with van der Waals surface area (Å²) < 4.78 is 53.5. The van der Waals surface area contributed by atoms with Crippen molar-refractivity contribution < 1.29 is 22.6 Å². The van der Waals surface area contributed by atoms with E-state index in [0.717, 1.165) is 5.56 Å². The molecular formula is C21H25F3N4O3. The standard InChI is InChI=1S/C21H25F3N4O3/c1-30-16-4-2-3-15(13-16)5-7-27-17(21(22,23)24)6-8-28-19(29)14-18(25-20(27)28)26-9-11-31-12-10-26/h2-4,13-14,17H,5-12H2,1H3/t17-/m0/s1. The van der Waals surface area contributed by atoms with Gasteiger partial charge in [0.2, 0.25) is 5.95 Å². The van der Waals surface area contributed by atoms with Crippen molar-refractivity contribution in [3.63, 3.8) is 0 Å². The number of fused-ring (bicyclic) bond motifs is 1. The predicted molar refractivity (Wildman–Crippen MR) is 110 cm³/mol. The molecule has 0 unspecified atom stereocenters. The highest BCUT2D eigenvalue weighted by Crippen LogP contribution is 2.34. The molecule has 1 atom stereocenters. The quantitative estimate of drug-likeness (QED) is 0.715. The minimum absolute atomic E-state index is 0.00953. The topological polar surface area (TPSA) is 59.8 Å². The molecule has 0 radical (unpaired) electrons. The zero-order chi connectivity index (χ0) is 22.0. The first kappa shape index (κ1) is 21.5. The molecule has 0 amide bonds. The molecular weight excluding hydrogens is 413 g/mol. The Bertz CT molecular complexity index is 973. The Morgan fingerprint density at radius 1 is 1.19 bits per heavy atom. The molecule has 0 aliphatic carbocycles. The van der Waals surface area contributed by atoms with Crippen LogP contribution in [0, 0.1) is 0 Å². The summed E-state index contributed by atoms with van der Waals surface area (Å²) in [6.45, 7) is 2.14. The molecule has 0 spiro atoms. The van der Waals surface area contributed by atoms with E-state index in [1.54, 1.807) is 25.3 Å². The van der Waals surface area contributed by atoms with E-state index in [4.69, 9.17) is 9.47 Å². The molecule has 2 aromatic rings. The average Bonchev–Trinajstić information content (AvgIpc) is 2.77. The smallest absolute Gasteiger partial charge is 0.408 e. The van der Waals surface area contributed by atoms with Crippen molar-refractivity contribution in [3.8, 4) is 5.75 Å². The summed E-state index contributed by atoms with van der Waals surface area (Å²) in [4.78, 5) is 20.4. The van der Waals surface area contributed by atoms with Gasteiger partial charge in [-0.25, -0.2) is 0 Å². The van der Waals surface area contributed by atoms with Crippen LogP contribution >= 0.6 is 0 Å². The monoisotopic (exact) mass is 438 g/mol. The highest BCUT2D eigenvalue weighted by atomic mass is 19.4. The van der Waals surface area contributed by atoms with Gasteiger partial charge >= 0.3 is 6.18 Å². The van der Waals surface area contributed by atoms with Crippen LogP contribution in [0.3, 0.4) is 0 Å². The van der Waals surface area contributed by atoms with Crippen molar-refractivity contribution >= 4 is 11.8 Å². The lowest BCUT2D eigenvalue weighted by Crippen LogP contribution is -2.53. The fourth-order valence-corrected chi connectivity index (χ4v) is 4.09. The average molecular weight is 438 g/mol. The Morgan fingerprint density at radius 2 is 1.97 bits per heavy atom. The van der Waals surface area contributed by atoms with Crippen molar-refractivity contribution in [3.05, 3.63) is 46.2 Å². The number of halogens is 3. The van der Waals surface area contributed by atoms with Gasteiger partial charge in [-0.1, -0.05) is 12.1 Å².